The molecule has 0 aliphatic carbocycles. The van der Waals surface area contributed by atoms with Crippen LogP contribution in [0, 0.1) is 0 Å². The molecule has 29 heavy (non-hydrogen) atoms. The number of nitrogens with one attached hydrogen (secondary N) is 1. The van der Waals surface area contributed by atoms with Crippen LogP contribution in [0.25, 0.3) is 0 Å². The first kappa shape index (κ1) is 18.8. The van der Waals surface area contributed by atoms with Crippen LogP contribution in [-0.2, 0) is 11.4 Å². The third-order valence-electron chi connectivity index (χ3n) is 5.42. The van der Waals surface area contributed by atoms with Crippen LogP contribution in [0.15, 0.2) is 60.0 Å². The van der Waals surface area contributed by atoms with E-state index in [-0.39, 0.29) is 42.0 Å². The zero-order valence-corrected chi connectivity index (χ0v) is 16.1. The maximum Gasteiger partial charge on any atom is 0.278 e. The summed E-state index contributed by atoms with van der Waals surface area (Å²) < 4.78 is 7.30. The zero-order valence-electron chi connectivity index (χ0n) is 16.1. The van der Waals surface area contributed by atoms with E-state index >= 15 is 0 Å². The molecule has 1 aromatic carbocycles. The molecule has 0 unspecified atom stereocenters. The van der Waals surface area contributed by atoms with Crippen LogP contribution in [-0.4, -0.2) is 51.6 Å². The van der Waals surface area contributed by atoms with Gasteiger partial charge in [0.15, 0.2) is 11.4 Å². The molecule has 2 aliphatic heterocycles. The Kier molecular flexibility index (Phi) is 4.62. The molecule has 0 bridgehead atoms. The lowest BCUT2D eigenvalue weighted by Gasteiger charge is -2.54. The van der Waals surface area contributed by atoms with Crippen molar-refractivity contribution >= 4 is 11.8 Å². The van der Waals surface area contributed by atoms with Crippen LogP contribution in [0.1, 0.15) is 23.0 Å². The summed E-state index contributed by atoms with van der Waals surface area (Å²) in [6.07, 6.45) is 3.21. The van der Waals surface area contributed by atoms with Crippen LogP contribution >= 0.6 is 0 Å². The summed E-state index contributed by atoms with van der Waals surface area (Å²) in [5, 5.41) is 0. The van der Waals surface area contributed by atoms with Gasteiger partial charge in [-0.3, -0.25) is 19.1 Å². The molecule has 0 radical (unpaired) electrons. The number of likely N-dealkylation sites (tertiary alicyclic amines) is 1. The van der Waals surface area contributed by atoms with Gasteiger partial charge in [-0.1, -0.05) is 36.4 Å². The summed E-state index contributed by atoms with van der Waals surface area (Å²) in [6, 6.07) is 10.8. The van der Waals surface area contributed by atoms with Crippen LogP contribution in [0.4, 0.5) is 0 Å². The Balaban J connectivity index is 1.64. The third kappa shape index (κ3) is 3.16. The molecule has 3 heterocycles. The molecular formula is C21H22N4O4. The number of aromatic nitrogens is 1. The van der Waals surface area contributed by atoms with Gasteiger partial charge in [-0.05, 0) is 5.56 Å². The molecule has 0 saturated carbocycles. The Hall–Kier alpha value is -3.55. The number of benzene rings is 1. The van der Waals surface area contributed by atoms with Crippen molar-refractivity contribution in [1.82, 2.24) is 14.5 Å². The first-order valence-electron chi connectivity index (χ1n) is 9.32. The molecule has 1 fully saturated rings. The van der Waals surface area contributed by atoms with Crippen molar-refractivity contribution in [1.29, 1.82) is 0 Å². The Labute approximate surface area is 168 Å². The van der Waals surface area contributed by atoms with Crippen molar-refractivity contribution in [2.75, 3.05) is 25.2 Å². The highest BCUT2D eigenvalue weighted by Crippen LogP contribution is 2.33. The number of ether oxygens (including phenoxy) is 1. The van der Waals surface area contributed by atoms with E-state index in [1.807, 2.05) is 30.3 Å². The van der Waals surface area contributed by atoms with Gasteiger partial charge < -0.3 is 20.0 Å². The molecule has 8 heteroatoms. The van der Waals surface area contributed by atoms with Crippen molar-refractivity contribution in [3.8, 4) is 5.75 Å². The minimum Gasteiger partial charge on any atom is -0.482 e. The average molecular weight is 394 g/mol. The van der Waals surface area contributed by atoms with Gasteiger partial charge in [0.1, 0.15) is 13.3 Å². The Morgan fingerprint density at radius 3 is 2.62 bits per heavy atom. The highest BCUT2D eigenvalue weighted by molar-refractivity contribution is 5.97. The van der Waals surface area contributed by atoms with E-state index in [1.54, 1.807) is 15.9 Å². The van der Waals surface area contributed by atoms with E-state index in [2.05, 4.69) is 12.0 Å². The smallest absolute Gasteiger partial charge is 0.278 e. The fourth-order valence-electron chi connectivity index (χ4n) is 3.67. The summed E-state index contributed by atoms with van der Waals surface area (Å²) in [5.41, 5.74) is 3.10. The number of fused-ring (bicyclic) bond motifs is 1. The van der Waals surface area contributed by atoms with Gasteiger partial charge in [0.2, 0.25) is 11.3 Å². The molecular weight excluding hydrogens is 372 g/mol. The molecule has 1 saturated heterocycles. The maximum absolute atomic E-state index is 13.4. The molecule has 150 valence electrons. The number of pyridine rings is 1. The van der Waals surface area contributed by atoms with Crippen molar-refractivity contribution in [3.05, 3.63) is 76.7 Å². The van der Waals surface area contributed by atoms with E-state index in [0.29, 0.717) is 13.1 Å². The Morgan fingerprint density at radius 1 is 1.24 bits per heavy atom. The van der Waals surface area contributed by atoms with Crippen LogP contribution < -0.4 is 15.6 Å². The summed E-state index contributed by atoms with van der Waals surface area (Å²) in [5.74, 6) is -0.392. The van der Waals surface area contributed by atoms with Gasteiger partial charge in [-0.25, -0.2) is 0 Å². The first-order chi connectivity index (χ1) is 13.9. The average Bonchev–Trinajstić information content (AvgIpc) is 2.69. The lowest BCUT2D eigenvalue weighted by molar-refractivity contribution is -0.139. The number of rotatable bonds is 5. The Bertz CT molecular complexity index is 1020. The van der Waals surface area contributed by atoms with E-state index in [4.69, 9.17) is 4.74 Å². The summed E-state index contributed by atoms with van der Waals surface area (Å²) >= 11 is 0. The first-order valence-corrected chi connectivity index (χ1v) is 9.32. The normalized spacial score (nSPS) is 17.1. The molecule has 2 amide bonds. The molecule has 1 N–H and O–H groups in total. The second-order valence-corrected chi connectivity index (χ2v) is 7.23. The van der Waals surface area contributed by atoms with E-state index in [0.717, 1.165) is 5.56 Å². The fraction of sp³-hybridized carbons (Fsp3) is 0.286. The van der Waals surface area contributed by atoms with Crippen LogP contribution in [0.2, 0.25) is 0 Å². The van der Waals surface area contributed by atoms with Gasteiger partial charge in [0.05, 0.1) is 5.54 Å². The fourth-order valence-corrected chi connectivity index (χ4v) is 3.67. The number of hydrogen-bond acceptors (Lipinski definition) is 5. The number of carbonyl (C=O) groups excluding carboxylic acids is 2. The van der Waals surface area contributed by atoms with Crippen molar-refractivity contribution in [2.45, 2.75) is 19.1 Å². The van der Waals surface area contributed by atoms with Crippen molar-refractivity contribution in [3.63, 3.8) is 0 Å². The highest BCUT2D eigenvalue weighted by atomic mass is 16.5. The van der Waals surface area contributed by atoms with E-state index in [1.165, 1.54) is 23.9 Å². The zero-order chi connectivity index (χ0) is 20.6. The maximum atomic E-state index is 13.4. The second-order valence-electron chi connectivity index (χ2n) is 7.23. The minimum atomic E-state index is -0.677. The molecule has 0 atom stereocenters. The van der Waals surface area contributed by atoms with Crippen LogP contribution in [0.3, 0.4) is 0 Å². The topological polar surface area (TPSA) is 83.9 Å². The van der Waals surface area contributed by atoms with Gasteiger partial charge >= 0.3 is 0 Å². The standard InChI is InChI=1S/C21H22N4O4/c1-3-21(12-23(13-21)15(2)26)24-14-22-25-10-9-17(27)19(18(25)20(24)28)29-11-16-7-5-4-6-8-16/h3-10,22H,1,11-14H2,2H3. The van der Waals surface area contributed by atoms with Gasteiger partial charge in [0.25, 0.3) is 5.91 Å². The predicted molar refractivity (Wildman–Crippen MR) is 107 cm³/mol. The molecule has 4 rings (SSSR count). The lowest BCUT2D eigenvalue weighted by atomic mass is 9.87. The number of hydrogen-bond donors (Lipinski definition) is 1. The van der Waals surface area contributed by atoms with E-state index < -0.39 is 5.54 Å². The summed E-state index contributed by atoms with van der Waals surface area (Å²) in [6.45, 7) is 6.51. The molecule has 1 aromatic heterocycles. The Morgan fingerprint density at radius 2 is 1.97 bits per heavy atom. The summed E-state index contributed by atoms with van der Waals surface area (Å²) in [7, 11) is 0. The van der Waals surface area contributed by atoms with Crippen molar-refractivity contribution < 1.29 is 14.3 Å². The number of carbonyl (C=O) groups is 2. The SMILES string of the molecule is C=CC1(N2CNn3ccc(=O)c(OCc4ccccc4)c3C2=O)CN(C(C)=O)C1. The highest BCUT2D eigenvalue weighted by Gasteiger charge is 2.50. The number of amides is 2. The van der Waals surface area contributed by atoms with E-state index in [9.17, 15) is 14.4 Å². The lowest BCUT2D eigenvalue weighted by Crippen LogP contribution is -2.73. The van der Waals surface area contributed by atoms with Gasteiger partial charge in [-0.2, -0.15) is 0 Å². The van der Waals surface area contributed by atoms with Gasteiger partial charge in [-0.15, -0.1) is 6.58 Å². The van der Waals surface area contributed by atoms with Gasteiger partial charge in [0, 0.05) is 32.3 Å². The largest absolute Gasteiger partial charge is 0.482 e. The second kappa shape index (κ2) is 7.12. The van der Waals surface area contributed by atoms with Crippen molar-refractivity contribution in [2.24, 2.45) is 0 Å². The molecule has 2 aromatic rings. The predicted octanol–water partition coefficient (Wildman–Crippen LogP) is 1.17. The molecule has 8 nitrogen and oxygen atoms in total. The molecule has 0 spiro atoms. The summed E-state index contributed by atoms with van der Waals surface area (Å²) in [4.78, 5) is 40.7. The van der Waals surface area contributed by atoms with Crippen LogP contribution in [0.5, 0.6) is 5.75 Å². The number of nitrogens with zero attached hydrogens (tertiary/aromatic N) is 3. The monoisotopic (exact) mass is 394 g/mol. The molecule has 2 aliphatic rings. The third-order valence-corrected chi connectivity index (χ3v) is 5.42. The quantitative estimate of drug-likeness (QED) is 0.770. The minimum absolute atomic E-state index is 0.000475.